The van der Waals surface area contributed by atoms with Crippen LogP contribution in [0.5, 0.6) is 0 Å². The van der Waals surface area contributed by atoms with Crippen molar-refractivity contribution in [3.05, 3.63) is 41.9 Å². The monoisotopic (exact) mass is 485 g/mol. The number of carbonyl (C=O) groups excluding carboxylic acids is 4. The van der Waals surface area contributed by atoms with E-state index in [4.69, 9.17) is 9.26 Å². The second-order valence-electron chi connectivity index (χ2n) is 8.38. The average molecular weight is 486 g/mol. The Labute approximate surface area is 203 Å². The maximum absolute atomic E-state index is 13.4. The molecule has 2 heterocycles. The van der Waals surface area contributed by atoms with Crippen LogP contribution in [0.3, 0.4) is 0 Å². The summed E-state index contributed by atoms with van der Waals surface area (Å²) in [5.41, 5.74) is 0.461. The van der Waals surface area contributed by atoms with Crippen LogP contribution in [0.25, 0.3) is 0 Å². The SMILES string of the molecule is CCOC(=O)CN(C(=O)CCC(=O)Nc1cc(C)on1)[C@H](C(=O)NC1CCCC1)c1cccnc1. The molecule has 2 N–H and O–H groups in total. The van der Waals surface area contributed by atoms with E-state index >= 15 is 0 Å². The number of aryl methyl sites for hydroxylation is 1. The van der Waals surface area contributed by atoms with Gasteiger partial charge in [0.2, 0.25) is 17.7 Å². The Morgan fingerprint density at radius 2 is 2.00 bits per heavy atom. The van der Waals surface area contributed by atoms with E-state index in [1.807, 2.05) is 0 Å². The summed E-state index contributed by atoms with van der Waals surface area (Å²) in [7, 11) is 0. The van der Waals surface area contributed by atoms with Crippen LogP contribution in [0.15, 0.2) is 35.1 Å². The van der Waals surface area contributed by atoms with E-state index < -0.39 is 36.3 Å². The lowest BCUT2D eigenvalue weighted by Crippen LogP contribution is -2.48. The third-order valence-electron chi connectivity index (χ3n) is 5.65. The standard InChI is InChI=1S/C24H31N5O6/c1-3-34-22(32)15-29(21(31)11-10-20(30)27-19-13-16(2)35-28-19)23(17-7-6-12-25-14-17)24(33)26-18-8-4-5-9-18/h6-7,12-14,18,23H,3-5,8-11,15H2,1-2H3,(H,26,33)(H,27,28,30)/t23-/m0/s1. The molecule has 11 nitrogen and oxygen atoms in total. The van der Waals surface area contributed by atoms with E-state index in [0.717, 1.165) is 30.6 Å². The predicted octanol–water partition coefficient (Wildman–Crippen LogP) is 2.29. The summed E-state index contributed by atoms with van der Waals surface area (Å²) in [4.78, 5) is 56.6. The number of amides is 3. The first-order valence-electron chi connectivity index (χ1n) is 11.8. The molecule has 1 aliphatic rings. The number of rotatable bonds is 11. The average Bonchev–Trinajstić information content (AvgIpc) is 3.49. The fourth-order valence-electron chi connectivity index (χ4n) is 4.02. The molecule has 35 heavy (non-hydrogen) atoms. The van der Waals surface area contributed by atoms with Crippen molar-refractivity contribution < 1.29 is 28.4 Å². The molecule has 188 valence electrons. The molecule has 1 saturated carbocycles. The summed E-state index contributed by atoms with van der Waals surface area (Å²) in [6.45, 7) is 3.04. The zero-order valence-electron chi connectivity index (χ0n) is 20.0. The van der Waals surface area contributed by atoms with Gasteiger partial charge in [0.05, 0.1) is 6.61 Å². The van der Waals surface area contributed by atoms with E-state index in [9.17, 15) is 19.2 Å². The largest absolute Gasteiger partial charge is 0.465 e. The molecule has 3 rings (SSSR count). The molecule has 0 aliphatic heterocycles. The second kappa shape index (κ2) is 12.6. The first-order chi connectivity index (χ1) is 16.9. The molecule has 2 aromatic rings. The number of hydrogen-bond acceptors (Lipinski definition) is 8. The van der Waals surface area contributed by atoms with Crippen LogP contribution in [-0.4, -0.2) is 57.9 Å². The van der Waals surface area contributed by atoms with Gasteiger partial charge in [-0.25, -0.2) is 0 Å². The minimum absolute atomic E-state index is 0.0120. The molecule has 0 radical (unpaired) electrons. The predicted molar refractivity (Wildman–Crippen MR) is 125 cm³/mol. The lowest BCUT2D eigenvalue weighted by Gasteiger charge is -2.31. The quantitative estimate of drug-likeness (QED) is 0.461. The molecule has 2 aromatic heterocycles. The van der Waals surface area contributed by atoms with Gasteiger partial charge in [-0.1, -0.05) is 24.1 Å². The van der Waals surface area contributed by atoms with Gasteiger partial charge in [0.15, 0.2) is 5.82 Å². The van der Waals surface area contributed by atoms with E-state index in [0.29, 0.717) is 11.3 Å². The van der Waals surface area contributed by atoms with Gasteiger partial charge in [-0.3, -0.25) is 24.2 Å². The molecule has 1 atom stereocenters. The number of ether oxygens (including phenoxy) is 1. The maximum Gasteiger partial charge on any atom is 0.325 e. The first kappa shape index (κ1) is 25.9. The summed E-state index contributed by atoms with van der Waals surface area (Å²) in [6, 6.07) is 3.81. The van der Waals surface area contributed by atoms with Gasteiger partial charge < -0.3 is 24.8 Å². The topological polar surface area (TPSA) is 144 Å². The van der Waals surface area contributed by atoms with Crippen LogP contribution < -0.4 is 10.6 Å². The Balaban J connectivity index is 1.78. The van der Waals surface area contributed by atoms with E-state index in [-0.39, 0.29) is 31.3 Å². The smallest absolute Gasteiger partial charge is 0.325 e. The normalized spacial score (nSPS) is 14.2. The van der Waals surface area contributed by atoms with Crippen LogP contribution >= 0.6 is 0 Å². The number of carbonyl (C=O) groups is 4. The van der Waals surface area contributed by atoms with Crippen LogP contribution in [0.1, 0.15) is 62.8 Å². The van der Waals surface area contributed by atoms with Crippen LogP contribution in [0.2, 0.25) is 0 Å². The zero-order valence-corrected chi connectivity index (χ0v) is 20.0. The minimum atomic E-state index is -1.09. The van der Waals surface area contributed by atoms with Crippen molar-refractivity contribution in [2.24, 2.45) is 0 Å². The molecule has 3 amide bonds. The van der Waals surface area contributed by atoms with Gasteiger partial charge in [-0.05, 0) is 32.8 Å². The third-order valence-corrected chi connectivity index (χ3v) is 5.65. The Morgan fingerprint density at radius 1 is 1.23 bits per heavy atom. The number of anilines is 1. The number of hydrogen-bond donors (Lipinski definition) is 2. The molecular weight excluding hydrogens is 454 g/mol. The lowest BCUT2D eigenvalue weighted by atomic mass is 10.0. The van der Waals surface area contributed by atoms with Crippen LogP contribution in [0, 0.1) is 6.92 Å². The highest BCUT2D eigenvalue weighted by Crippen LogP contribution is 2.25. The molecule has 11 heteroatoms. The van der Waals surface area contributed by atoms with Crippen molar-refractivity contribution in [2.45, 2.75) is 64.5 Å². The van der Waals surface area contributed by atoms with Crippen LogP contribution in [0.4, 0.5) is 5.82 Å². The number of nitrogens with one attached hydrogen (secondary N) is 2. The van der Waals surface area contributed by atoms with Crippen molar-refractivity contribution in [3.8, 4) is 0 Å². The Kier molecular flexibility index (Phi) is 9.33. The molecule has 1 aliphatic carbocycles. The molecule has 0 unspecified atom stereocenters. The van der Waals surface area contributed by atoms with Crippen molar-refractivity contribution in [1.29, 1.82) is 0 Å². The van der Waals surface area contributed by atoms with E-state index in [2.05, 4.69) is 20.8 Å². The van der Waals surface area contributed by atoms with Gasteiger partial charge in [0, 0.05) is 42.9 Å². The molecule has 1 fully saturated rings. The summed E-state index contributed by atoms with van der Waals surface area (Å²) < 4.78 is 9.97. The Hall–Kier alpha value is -3.76. The van der Waals surface area contributed by atoms with E-state index in [1.165, 1.54) is 6.20 Å². The summed E-state index contributed by atoms with van der Waals surface area (Å²) in [6.07, 6.45) is 6.41. The lowest BCUT2D eigenvalue weighted by molar-refractivity contribution is -0.152. The highest BCUT2D eigenvalue weighted by atomic mass is 16.5. The third kappa shape index (κ3) is 7.62. The molecule has 0 aromatic carbocycles. The highest BCUT2D eigenvalue weighted by Gasteiger charge is 2.34. The fourth-order valence-corrected chi connectivity index (χ4v) is 4.02. The van der Waals surface area contributed by atoms with Gasteiger partial charge >= 0.3 is 5.97 Å². The van der Waals surface area contributed by atoms with Crippen molar-refractivity contribution in [2.75, 3.05) is 18.5 Å². The van der Waals surface area contributed by atoms with Crippen molar-refractivity contribution in [1.82, 2.24) is 20.4 Å². The zero-order chi connectivity index (χ0) is 25.2. The first-order valence-corrected chi connectivity index (χ1v) is 11.8. The van der Waals surface area contributed by atoms with Crippen molar-refractivity contribution in [3.63, 3.8) is 0 Å². The van der Waals surface area contributed by atoms with E-state index in [1.54, 1.807) is 38.2 Å². The molecule has 0 saturated heterocycles. The Morgan fingerprint density at radius 3 is 2.63 bits per heavy atom. The maximum atomic E-state index is 13.4. The highest BCUT2D eigenvalue weighted by molar-refractivity contribution is 5.95. The van der Waals surface area contributed by atoms with Gasteiger partial charge in [-0.15, -0.1) is 0 Å². The summed E-state index contributed by atoms with van der Waals surface area (Å²) >= 11 is 0. The molecule has 0 spiro atoms. The molecule has 0 bridgehead atoms. The second-order valence-corrected chi connectivity index (χ2v) is 8.38. The minimum Gasteiger partial charge on any atom is -0.465 e. The summed E-state index contributed by atoms with van der Waals surface area (Å²) in [5, 5.41) is 9.26. The number of pyridine rings is 1. The Bertz CT molecular complexity index is 1020. The van der Waals surface area contributed by atoms with Crippen molar-refractivity contribution >= 4 is 29.5 Å². The fraction of sp³-hybridized carbons (Fsp3) is 0.500. The number of nitrogens with zero attached hydrogens (tertiary/aromatic N) is 3. The van der Waals surface area contributed by atoms with Crippen LogP contribution in [-0.2, 0) is 23.9 Å². The van der Waals surface area contributed by atoms with Gasteiger partial charge in [-0.2, -0.15) is 0 Å². The number of esters is 1. The molecular formula is C24H31N5O6. The van der Waals surface area contributed by atoms with Gasteiger partial charge in [0.25, 0.3) is 0 Å². The number of aromatic nitrogens is 2. The summed E-state index contributed by atoms with van der Waals surface area (Å²) in [5.74, 6) is -1.26. The van der Waals surface area contributed by atoms with Gasteiger partial charge in [0.1, 0.15) is 18.3 Å².